The monoisotopic (exact) mass is 242 g/mol. The Morgan fingerprint density at radius 3 is 1.22 bits per heavy atom. The molecule has 0 N–H and O–H groups in total. The minimum Gasteiger partial charge on any atom is -0.0909 e. The van der Waals surface area contributed by atoms with Gasteiger partial charge in [0.05, 0.1) is 0 Å². The van der Waals surface area contributed by atoms with Gasteiger partial charge in [-0.25, -0.2) is 0 Å². The largest absolute Gasteiger partial charge is 0.0909 e. The summed E-state index contributed by atoms with van der Waals surface area (Å²) in [6, 6.07) is 8.31. The molecule has 0 saturated heterocycles. The van der Waals surface area contributed by atoms with Crippen molar-refractivity contribution < 1.29 is 0 Å². The van der Waals surface area contributed by atoms with E-state index in [4.69, 9.17) is 0 Å². The molecular weight excluding hydrogens is 216 g/mol. The Morgan fingerprint density at radius 1 is 0.667 bits per heavy atom. The van der Waals surface area contributed by atoms with Crippen LogP contribution in [0.5, 0.6) is 0 Å². The standard InChI is InChI=1S/C14H14.2C2H6/c1-9-10(2)12(4)14-8-6-5-7-13(14)11(9)3;2*1-2/h5-8H,3-4H2,1-2H3;2*1-2H3. The average molecular weight is 242 g/mol. The van der Waals surface area contributed by atoms with Crippen LogP contribution in [0.3, 0.4) is 0 Å². The molecule has 0 saturated carbocycles. The lowest BCUT2D eigenvalue weighted by molar-refractivity contribution is 1.31. The number of fused-ring (bicyclic) bond motifs is 1. The Morgan fingerprint density at radius 2 is 0.944 bits per heavy atom. The zero-order valence-corrected chi connectivity index (χ0v) is 12.7. The molecule has 0 aliphatic rings. The van der Waals surface area contributed by atoms with Gasteiger partial charge in [-0.2, -0.15) is 0 Å². The third-order valence-corrected chi connectivity index (χ3v) is 3.05. The lowest BCUT2D eigenvalue weighted by atomic mass is 9.98. The third-order valence-electron chi connectivity index (χ3n) is 3.05. The highest BCUT2D eigenvalue weighted by molar-refractivity contribution is 5.85. The molecule has 0 aliphatic heterocycles. The van der Waals surface area contributed by atoms with Crippen molar-refractivity contribution in [3.8, 4) is 0 Å². The van der Waals surface area contributed by atoms with Crippen molar-refractivity contribution >= 4 is 23.9 Å². The van der Waals surface area contributed by atoms with Crippen molar-refractivity contribution in [3.63, 3.8) is 0 Å². The quantitative estimate of drug-likeness (QED) is 0.645. The summed E-state index contributed by atoms with van der Waals surface area (Å²) < 4.78 is 0. The Kier molecular flexibility index (Phi) is 7.04. The van der Waals surface area contributed by atoms with Crippen LogP contribution in [0.1, 0.15) is 38.8 Å². The van der Waals surface area contributed by atoms with E-state index in [0.29, 0.717) is 0 Å². The van der Waals surface area contributed by atoms with Gasteiger partial charge in [0.25, 0.3) is 0 Å². The van der Waals surface area contributed by atoms with Gasteiger partial charge in [0.2, 0.25) is 0 Å². The Hall–Kier alpha value is -1.56. The molecular formula is C18H26. The molecule has 0 amide bonds. The van der Waals surface area contributed by atoms with Crippen molar-refractivity contribution in [2.45, 2.75) is 41.5 Å². The van der Waals surface area contributed by atoms with Crippen molar-refractivity contribution in [1.82, 2.24) is 0 Å². The molecule has 0 unspecified atom stereocenters. The summed E-state index contributed by atoms with van der Waals surface area (Å²) in [4.78, 5) is 0. The second-order valence-electron chi connectivity index (χ2n) is 3.75. The number of rotatable bonds is 0. The smallest absolute Gasteiger partial charge is 0.0109 e. The van der Waals surface area contributed by atoms with E-state index >= 15 is 0 Å². The lowest BCUT2D eigenvalue weighted by Crippen LogP contribution is -2.17. The normalized spacial score (nSPS) is 9.00. The van der Waals surface area contributed by atoms with E-state index in [1.807, 2.05) is 39.8 Å². The molecule has 0 fully saturated rings. The van der Waals surface area contributed by atoms with Crippen LogP contribution >= 0.6 is 0 Å². The zero-order chi connectivity index (χ0) is 14.3. The highest BCUT2D eigenvalue weighted by atomic mass is 14.1. The van der Waals surface area contributed by atoms with E-state index in [0.717, 1.165) is 10.4 Å². The van der Waals surface area contributed by atoms with Gasteiger partial charge >= 0.3 is 0 Å². The fourth-order valence-electron chi connectivity index (χ4n) is 1.87. The molecule has 0 atom stereocenters. The first-order valence-electron chi connectivity index (χ1n) is 6.78. The minimum atomic E-state index is 1.13. The molecule has 0 heteroatoms. The summed E-state index contributed by atoms with van der Waals surface area (Å²) >= 11 is 0. The molecule has 0 heterocycles. The summed E-state index contributed by atoms with van der Waals surface area (Å²) in [5, 5.41) is 4.71. The predicted molar refractivity (Wildman–Crippen MR) is 86.4 cm³/mol. The van der Waals surface area contributed by atoms with Crippen molar-refractivity contribution in [2.24, 2.45) is 0 Å². The summed E-state index contributed by atoms with van der Waals surface area (Å²) in [7, 11) is 0. The van der Waals surface area contributed by atoms with Crippen LogP contribution in [0.2, 0.25) is 0 Å². The van der Waals surface area contributed by atoms with E-state index in [1.165, 1.54) is 21.9 Å². The van der Waals surface area contributed by atoms with Crippen molar-refractivity contribution in [2.75, 3.05) is 0 Å². The van der Waals surface area contributed by atoms with Gasteiger partial charge in [0.15, 0.2) is 0 Å². The maximum atomic E-state index is 4.12. The molecule has 18 heavy (non-hydrogen) atoms. The van der Waals surface area contributed by atoms with Gasteiger partial charge in [0.1, 0.15) is 0 Å². The third kappa shape index (κ3) is 3.01. The molecule has 98 valence electrons. The molecule has 0 aliphatic carbocycles. The van der Waals surface area contributed by atoms with Crippen LogP contribution in [-0.4, -0.2) is 0 Å². The van der Waals surface area contributed by atoms with Crippen LogP contribution in [-0.2, 0) is 0 Å². The molecule has 0 nitrogen and oxygen atoms in total. The van der Waals surface area contributed by atoms with Gasteiger partial charge in [-0.1, -0.05) is 65.1 Å². The topological polar surface area (TPSA) is 0 Å². The summed E-state index contributed by atoms with van der Waals surface area (Å²) in [6.45, 7) is 20.5. The number of benzene rings is 2. The van der Waals surface area contributed by atoms with E-state index in [1.54, 1.807) is 0 Å². The molecule has 0 aromatic heterocycles. The maximum absolute atomic E-state index is 4.12. The number of hydrogen-bond acceptors (Lipinski definition) is 0. The van der Waals surface area contributed by atoms with Crippen molar-refractivity contribution in [1.29, 1.82) is 0 Å². The van der Waals surface area contributed by atoms with E-state index < -0.39 is 0 Å². The summed E-state index contributed by atoms with van der Waals surface area (Å²) in [5.41, 5.74) is 2.52. The first-order valence-corrected chi connectivity index (χ1v) is 6.78. The van der Waals surface area contributed by atoms with E-state index in [2.05, 4.69) is 39.1 Å². The predicted octanol–water partition coefficient (Wildman–Crippen LogP) is 4.33. The van der Waals surface area contributed by atoms with Gasteiger partial charge in [-0.15, -0.1) is 0 Å². The fraction of sp³-hybridized carbons (Fsp3) is 0.333. The van der Waals surface area contributed by atoms with Crippen LogP contribution in [0.15, 0.2) is 24.3 Å². The molecule has 0 bridgehead atoms. The molecule has 0 radical (unpaired) electrons. The first kappa shape index (κ1) is 16.4. The highest BCUT2D eigenvalue weighted by Gasteiger charge is 2.01. The van der Waals surface area contributed by atoms with E-state index in [-0.39, 0.29) is 0 Å². The van der Waals surface area contributed by atoms with Crippen molar-refractivity contribution in [3.05, 3.63) is 45.8 Å². The second-order valence-corrected chi connectivity index (χ2v) is 3.75. The van der Waals surface area contributed by atoms with Crippen LogP contribution in [0.4, 0.5) is 0 Å². The van der Waals surface area contributed by atoms with Crippen LogP contribution in [0.25, 0.3) is 23.9 Å². The Balaban J connectivity index is 0.000000659. The van der Waals surface area contributed by atoms with Crippen LogP contribution < -0.4 is 10.4 Å². The Bertz CT molecular complexity index is 537. The second kappa shape index (κ2) is 7.71. The number of hydrogen-bond donors (Lipinski definition) is 0. The first-order chi connectivity index (χ1) is 8.63. The molecule has 0 spiro atoms. The SMILES string of the molecule is C=c1c(C)c(C)c(=C)c2ccccc12.CC.CC. The summed E-state index contributed by atoms with van der Waals surface area (Å²) in [5.74, 6) is 0. The maximum Gasteiger partial charge on any atom is -0.0109 e. The molecule has 2 rings (SSSR count). The van der Waals surface area contributed by atoms with Gasteiger partial charge in [-0.3, -0.25) is 0 Å². The Labute approximate surface area is 112 Å². The zero-order valence-electron chi connectivity index (χ0n) is 12.7. The summed E-state index contributed by atoms with van der Waals surface area (Å²) in [6.07, 6.45) is 0. The van der Waals surface area contributed by atoms with E-state index in [9.17, 15) is 0 Å². The van der Waals surface area contributed by atoms with Gasteiger partial charge < -0.3 is 0 Å². The molecule has 2 aromatic rings. The minimum absolute atomic E-state index is 1.13. The molecule has 2 aromatic carbocycles. The van der Waals surface area contributed by atoms with Gasteiger partial charge in [-0.05, 0) is 46.2 Å². The lowest BCUT2D eigenvalue weighted by Gasteiger charge is -2.06. The average Bonchev–Trinajstić information content (AvgIpc) is 2.47. The highest BCUT2D eigenvalue weighted by Crippen LogP contribution is 2.07. The van der Waals surface area contributed by atoms with Gasteiger partial charge in [0, 0.05) is 0 Å². The van der Waals surface area contributed by atoms with Crippen LogP contribution in [0, 0.1) is 13.8 Å². The fourth-order valence-corrected chi connectivity index (χ4v) is 1.87.